The van der Waals surface area contributed by atoms with Crippen molar-refractivity contribution < 1.29 is 9.84 Å². The molecule has 2 N–H and O–H groups in total. The van der Waals surface area contributed by atoms with Crippen molar-refractivity contribution in [1.82, 2.24) is 10.2 Å². The number of aliphatic hydroxyl groups excluding tert-OH is 1. The van der Waals surface area contributed by atoms with Crippen molar-refractivity contribution in [1.29, 1.82) is 0 Å². The second-order valence-corrected chi connectivity index (χ2v) is 6.11. The Kier molecular flexibility index (Phi) is 4.19. The minimum atomic E-state index is -0.151. The Bertz CT molecular complexity index is 275. The molecule has 0 aromatic heterocycles. The van der Waals surface area contributed by atoms with E-state index in [1.807, 2.05) is 0 Å². The number of hydrogen-bond acceptors (Lipinski definition) is 4. The Labute approximate surface area is 110 Å². The van der Waals surface area contributed by atoms with Gasteiger partial charge in [-0.15, -0.1) is 0 Å². The number of rotatable bonds is 3. The molecular weight excluding hydrogens is 228 g/mol. The number of hydrogen-bond donors (Lipinski definition) is 2. The van der Waals surface area contributed by atoms with Crippen LogP contribution in [0, 0.1) is 0 Å². The average molecular weight is 254 g/mol. The van der Waals surface area contributed by atoms with Crippen molar-refractivity contribution in [2.24, 2.45) is 0 Å². The molecule has 0 bridgehead atoms. The third-order valence-corrected chi connectivity index (χ3v) is 4.80. The van der Waals surface area contributed by atoms with Crippen LogP contribution in [-0.2, 0) is 4.74 Å². The van der Waals surface area contributed by atoms with Gasteiger partial charge in [0.15, 0.2) is 0 Å². The maximum atomic E-state index is 9.93. The summed E-state index contributed by atoms with van der Waals surface area (Å²) in [6, 6.07) is 0.972. The topological polar surface area (TPSA) is 44.7 Å². The molecule has 2 heterocycles. The second kappa shape index (κ2) is 5.87. The molecule has 4 atom stereocenters. The molecule has 1 saturated carbocycles. The molecule has 2 saturated heterocycles. The molecule has 4 nitrogen and oxygen atoms in total. The molecular formula is C14H26N2O2. The van der Waals surface area contributed by atoms with E-state index < -0.39 is 0 Å². The van der Waals surface area contributed by atoms with Crippen LogP contribution in [0.4, 0.5) is 0 Å². The van der Waals surface area contributed by atoms with Gasteiger partial charge in [-0.05, 0) is 32.2 Å². The van der Waals surface area contributed by atoms with Gasteiger partial charge in [0.05, 0.1) is 18.8 Å². The zero-order chi connectivity index (χ0) is 12.4. The molecule has 3 fully saturated rings. The van der Waals surface area contributed by atoms with E-state index in [1.165, 1.54) is 32.2 Å². The minimum absolute atomic E-state index is 0.151. The van der Waals surface area contributed by atoms with E-state index in [9.17, 15) is 5.11 Å². The minimum Gasteiger partial charge on any atom is -0.392 e. The predicted octanol–water partition coefficient (Wildman–Crippen LogP) is 0.743. The van der Waals surface area contributed by atoms with Gasteiger partial charge in [0, 0.05) is 25.2 Å². The van der Waals surface area contributed by atoms with Crippen LogP contribution in [0.25, 0.3) is 0 Å². The largest absolute Gasteiger partial charge is 0.392 e. The highest BCUT2D eigenvalue weighted by Gasteiger charge is 2.32. The number of morpholine rings is 1. The standard InChI is InChI=1S/C14H26N2O2/c17-14-6-2-1-5-13(14)15-8-12-9-16-7-3-4-11(16)10-18-12/h11-15,17H,1-10H2/t11?,12?,13-,14-/m0/s1. The van der Waals surface area contributed by atoms with E-state index in [-0.39, 0.29) is 6.10 Å². The maximum Gasteiger partial charge on any atom is 0.0827 e. The zero-order valence-corrected chi connectivity index (χ0v) is 11.2. The van der Waals surface area contributed by atoms with Crippen LogP contribution in [-0.4, -0.2) is 60.5 Å². The van der Waals surface area contributed by atoms with Gasteiger partial charge in [-0.25, -0.2) is 0 Å². The normalized spacial score (nSPS) is 41.8. The van der Waals surface area contributed by atoms with Gasteiger partial charge in [-0.1, -0.05) is 12.8 Å². The highest BCUT2D eigenvalue weighted by atomic mass is 16.5. The first-order valence-electron chi connectivity index (χ1n) is 7.60. The number of nitrogens with zero attached hydrogens (tertiary/aromatic N) is 1. The van der Waals surface area contributed by atoms with Crippen LogP contribution in [0.5, 0.6) is 0 Å². The van der Waals surface area contributed by atoms with Gasteiger partial charge >= 0.3 is 0 Å². The summed E-state index contributed by atoms with van der Waals surface area (Å²) in [5.41, 5.74) is 0. The van der Waals surface area contributed by atoms with Crippen molar-refractivity contribution in [2.45, 2.75) is 62.8 Å². The highest BCUT2D eigenvalue weighted by Crippen LogP contribution is 2.23. The lowest BCUT2D eigenvalue weighted by Gasteiger charge is -2.37. The predicted molar refractivity (Wildman–Crippen MR) is 70.6 cm³/mol. The molecule has 0 aromatic rings. The highest BCUT2D eigenvalue weighted by molar-refractivity contribution is 4.87. The van der Waals surface area contributed by atoms with Crippen LogP contribution in [0.15, 0.2) is 0 Å². The third kappa shape index (κ3) is 2.87. The van der Waals surface area contributed by atoms with Crippen molar-refractivity contribution in [3.8, 4) is 0 Å². The van der Waals surface area contributed by atoms with Crippen molar-refractivity contribution in [3.63, 3.8) is 0 Å². The Morgan fingerprint density at radius 3 is 2.94 bits per heavy atom. The van der Waals surface area contributed by atoms with E-state index in [2.05, 4.69) is 10.2 Å². The molecule has 0 radical (unpaired) electrons. The Morgan fingerprint density at radius 2 is 2.06 bits per heavy atom. The van der Waals surface area contributed by atoms with Crippen molar-refractivity contribution >= 4 is 0 Å². The molecule has 104 valence electrons. The summed E-state index contributed by atoms with van der Waals surface area (Å²) in [6.45, 7) is 4.11. The Balaban J connectivity index is 1.43. The molecule has 0 amide bonds. The lowest BCUT2D eigenvalue weighted by molar-refractivity contribution is -0.0503. The Hall–Kier alpha value is -0.160. The first kappa shape index (κ1) is 12.9. The molecule has 2 unspecified atom stereocenters. The first-order valence-corrected chi connectivity index (χ1v) is 7.60. The third-order valence-electron chi connectivity index (χ3n) is 4.80. The summed E-state index contributed by atoms with van der Waals surface area (Å²) in [6.07, 6.45) is 7.29. The number of fused-ring (bicyclic) bond motifs is 1. The summed E-state index contributed by atoms with van der Waals surface area (Å²) in [7, 11) is 0. The lowest BCUT2D eigenvalue weighted by atomic mass is 9.92. The molecule has 4 heteroatoms. The monoisotopic (exact) mass is 254 g/mol. The summed E-state index contributed by atoms with van der Waals surface area (Å²) in [5.74, 6) is 0. The molecule has 1 aliphatic carbocycles. The van der Waals surface area contributed by atoms with E-state index >= 15 is 0 Å². The molecule has 3 rings (SSSR count). The summed E-state index contributed by atoms with van der Waals surface area (Å²) in [5, 5.41) is 13.5. The van der Waals surface area contributed by atoms with Crippen LogP contribution in [0.2, 0.25) is 0 Å². The van der Waals surface area contributed by atoms with Gasteiger partial charge in [0.1, 0.15) is 0 Å². The van der Waals surface area contributed by atoms with Gasteiger partial charge in [-0.3, -0.25) is 4.90 Å². The Morgan fingerprint density at radius 1 is 1.17 bits per heavy atom. The van der Waals surface area contributed by atoms with Gasteiger partial charge in [0.2, 0.25) is 0 Å². The average Bonchev–Trinajstić information content (AvgIpc) is 2.85. The number of aliphatic hydroxyl groups is 1. The number of ether oxygens (including phenoxy) is 1. The van der Waals surface area contributed by atoms with Gasteiger partial charge in [0.25, 0.3) is 0 Å². The van der Waals surface area contributed by atoms with E-state index in [4.69, 9.17) is 4.74 Å². The second-order valence-electron chi connectivity index (χ2n) is 6.11. The quantitative estimate of drug-likeness (QED) is 0.780. The molecule has 0 spiro atoms. The lowest BCUT2D eigenvalue weighted by Crippen LogP contribution is -2.52. The van der Waals surface area contributed by atoms with Crippen LogP contribution >= 0.6 is 0 Å². The molecule has 0 aromatic carbocycles. The fraction of sp³-hybridized carbons (Fsp3) is 1.00. The first-order chi connectivity index (χ1) is 8.83. The van der Waals surface area contributed by atoms with Gasteiger partial charge < -0.3 is 15.2 Å². The van der Waals surface area contributed by atoms with Crippen LogP contribution in [0.1, 0.15) is 38.5 Å². The summed E-state index contributed by atoms with van der Waals surface area (Å²) >= 11 is 0. The van der Waals surface area contributed by atoms with E-state index in [1.54, 1.807) is 0 Å². The fourth-order valence-corrected chi connectivity index (χ4v) is 3.64. The summed E-state index contributed by atoms with van der Waals surface area (Å²) < 4.78 is 5.93. The molecule has 3 aliphatic rings. The van der Waals surface area contributed by atoms with Crippen molar-refractivity contribution in [2.75, 3.05) is 26.2 Å². The van der Waals surface area contributed by atoms with Crippen LogP contribution in [0.3, 0.4) is 0 Å². The smallest absolute Gasteiger partial charge is 0.0827 e. The van der Waals surface area contributed by atoms with E-state index in [0.29, 0.717) is 18.2 Å². The van der Waals surface area contributed by atoms with E-state index in [0.717, 1.165) is 32.5 Å². The SMILES string of the molecule is O[C@H]1CCCC[C@@H]1NCC1CN2CCCC2CO1. The maximum absolute atomic E-state index is 9.93. The fourth-order valence-electron chi connectivity index (χ4n) is 3.64. The van der Waals surface area contributed by atoms with Gasteiger partial charge in [-0.2, -0.15) is 0 Å². The zero-order valence-electron chi connectivity index (χ0n) is 11.2. The molecule has 18 heavy (non-hydrogen) atoms. The van der Waals surface area contributed by atoms with Crippen LogP contribution < -0.4 is 5.32 Å². The number of nitrogens with one attached hydrogen (secondary N) is 1. The summed E-state index contributed by atoms with van der Waals surface area (Å²) in [4.78, 5) is 2.58. The molecule has 2 aliphatic heterocycles. The van der Waals surface area contributed by atoms with Crippen molar-refractivity contribution in [3.05, 3.63) is 0 Å².